The summed E-state index contributed by atoms with van der Waals surface area (Å²) in [7, 11) is 5.09. The van der Waals surface area contributed by atoms with Crippen LogP contribution in [0.25, 0.3) is 43.8 Å². The fourth-order valence-electron chi connectivity index (χ4n) is 5.37. The van der Waals surface area contributed by atoms with Gasteiger partial charge in [0.05, 0.1) is 21.3 Å². The summed E-state index contributed by atoms with van der Waals surface area (Å²) in [4.78, 5) is 0. The molecule has 0 unspecified atom stereocenters. The molecule has 6 rings (SSSR count). The molecule has 0 saturated heterocycles. The van der Waals surface area contributed by atoms with Gasteiger partial charge in [0.15, 0.2) is 0 Å². The van der Waals surface area contributed by atoms with Gasteiger partial charge in [0.25, 0.3) is 0 Å². The highest BCUT2D eigenvalue weighted by atomic mass is 16.5. The largest absolute Gasteiger partial charge is 0.497 e. The van der Waals surface area contributed by atoms with Crippen LogP contribution in [0.15, 0.2) is 115 Å². The number of hydrogen-bond donors (Lipinski definition) is 0. The zero-order valence-electron chi connectivity index (χ0n) is 23.7. The number of rotatable bonds is 5. The van der Waals surface area contributed by atoms with Crippen molar-refractivity contribution in [2.45, 2.75) is 0 Å². The third kappa shape index (κ3) is 5.01. The topological polar surface area (TPSA) is 27.7 Å². The van der Waals surface area contributed by atoms with E-state index in [1.165, 1.54) is 0 Å². The van der Waals surface area contributed by atoms with Crippen molar-refractivity contribution in [1.29, 1.82) is 0 Å². The third-order valence-corrected chi connectivity index (χ3v) is 7.34. The van der Waals surface area contributed by atoms with Crippen LogP contribution in [-0.4, -0.2) is 21.3 Å². The van der Waals surface area contributed by atoms with E-state index in [-0.39, 0.29) is 0 Å². The van der Waals surface area contributed by atoms with E-state index in [2.05, 4.69) is 90.4 Å². The monoisotopic (exact) mass is 544 g/mol. The minimum Gasteiger partial charge on any atom is -0.497 e. The molecule has 0 heterocycles. The molecule has 0 fully saturated rings. The summed E-state index contributed by atoms with van der Waals surface area (Å²) in [6.45, 7) is 0. The minimum atomic E-state index is 0.766. The van der Waals surface area contributed by atoms with Crippen LogP contribution in [0.2, 0.25) is 0 Å². The van der Waals surface area contributed by atoms with Crippen molar-refractivity contribution < 1.29 is 14.2 Å². The third-order valence-electron chi connectivity index (χ3n) is 7.34. The molecule has 3 heteroatoms. The average Bonchev–Trinajstić information content (AvgIpc) is 3.05. The molecular formula is C39H28O3. The first-order valence-corrected chi connectivity index (χ1v) is 13.6. The Balaban J connectivity index is 1.56. The fraction of sp³-hybridized carbons (Fsp3) is 0.0769. The lowest BCUT2D eigenvalue weighted by molar-refractivity contribution is 0.412. The average molecular weight is 545 g/mol. The lowest BCUT2D eigenvalue weighted by Crippen LogP contribution is -1.98. The van der Waals surface area contributed by atoms with Crippen LogP contribution >= 0.6 is 0 Å². The SMILES string of the molecule is COc1ccc(C#CC#Cc2ccccc2-c2cc3ccccc3c(-c3c(OC)ccc4ccccc34)c2OC)cc1. The highest BCUT2D eigenvalue weighted by molar-refractivity contribution is 6.12. The summed E-state index contributed by atoms with van der Waals surface area (Å²) in [6, 6.07) is 38.8. The van der Waals surface area contributed by atoms with E-state index in [1.807, 2.05) is 48.5 Å². The summed E-state index contributed by atoms with van der Waals surface area (Å²) < 4.78 is 17.4. The maximum atomic E-state index is 6.26. The number of ether oxygens (including phenoxy) is 3. The fourth-order valence-corrected chi connectivity index (χ4v) is 5.37. The quantitative estimate of drug-likeness (QED) is 0.203. The Morgan fingerprint density at radius 2 is 1.17 bits per heavy atom. The van der Waals surface area contributed by atoms with Crippen LogP contribution in [-0.2, 0) is 0 Å². The molecule has 6 aromatic carbocycles. The molecule has 0 aromatic heterocycles. The van der Waals surface area contributed by atoms with Crippen LogP contribution < -0.4 is 14.2 Å². The normalized spacial score (nSPS) is 10.4. The Morgan fingerprint density at radius 1 is 0.500 bits per heavy atom. The first kappa shape index (κ1) is 26.6. The van der Waals surface area contributed by atoms with E-state index in [0.29, 0.717) is 0 Å². The van der Waals surface area contributed by atoms with E-state index in [1.54, 1.807) is 21.3 Å². The van der Waals surface area contributed by atoms with Crippen molar-refractivity contribution in [3.63, 3.8) is 0 Å². The Kier molecular flexibility index (Phi) is 7.50. The Morgan fingerprint density at radius 3 is 1.90 bits per heavy atom. The van der Waals surface area contributed by atoms with Gasteiger partial charge in [-0.25, -0.2) is 0 Å². The molecule has 0 N–H and O–H groups in total. The smallest absolute Gasteiger partial charge is 0.135 e. The van der Waals surface area contributed by atoms with Gasteiger partial charge in [0.1, 0.15) is 17.2 Å². The lowest BCUT2D eigenvalue weighted by atomic mass is 9.87. The molecule has 0 saturated carbocycles. The molecule has 0 aliphatic rings. The molecule has 202 valence electrons. The van der Waals surface area contributed by atoms with Crippen molar-refractivity contribution in [1.82, 2.24) is 0 Å². The molecular weight excluding hydrogens is 516 g/mol. The second-order valence-corrected chi connectivity index (χ2v) is 9.69. The zero-order valence-corrected chi connectivity index (χ0v) is 23.7. The van der Waals surface area contributed by atoms with Crippen molar-refractivity contribution in [3.8, 4) is 63.2 Å². The van der Waals surface area contributed by atoms with Gasteiger partial charge in [0, 0.05) is 33.4 Å². The van der Waals surface area contributed by atoms with E-state index >= 15 is 0 Å². The molecule has 0 radical (unpaired) electrons. The van der Waals surface area contributed by atoms with Crippen molar-refractivity contribution in [3.05, 3.63) is 126 Å². The second-order valence-electron chi connectivity index (χ2n) is 9.69. The molecule has 0 spiro atoms. The molecule has 0 aliphatic heterocycles. The Labute approximate surface area is 246 Å². The molecule has 0 bridgehead atoms. The minimum absolute atomic E-state index is 0.766. The molecule has 42 heavy (non-hydrogen) atoms. The van der Waals surface area contributed by atoms with Crippen LogP contribution in [0.5, 0.6) is 17.2 Å². The van der Waals surface area contributed by atoms with Crippen molar-refractivity contribution >= 4 is 21.5 Å². The summed E-state index contributed by atoms with van der Waals surface area (Å²) >= 11 is 0. The summed E-state index contributed by atoms with van der Waals surface area (Å²) in [5.74, 6) is 14.8. The predicted octanol–water partition coefficient (Wildman–Crippen LogP) is 8.76. The van der Waals surface area contributed by atoms with Crippen LogP contribution in [0.1, 0.15) is 11.1 Å². The van der Waals surface area contributed by atoms with Gasteiger partial charge in [-0.05, 0) is 75.9 Å². The predicted molar refractivity (Wildman–Crippen MR) is 172 cm³/mol. The second kappa shape index (κ2) is 11.8. The first-order valence-electron chi connectivity index (χ1n) is 13.6. The van der Waals surface area contributed by atoms with E-state index in [0.717, 1.165) is 72.2 Å². The van der Waals surface area contributed by atoms with E-state index in [4.69, 9.17) is 14.2 Å². The van der Waals surface area contributed by atoms with Gasteiger partial charge in [0.2, 0.25) is 0 Å². The van der Waals surface area contributed by atoms with Gasteiger partial charge in [-0.3, -0.25) is 0 Å². The maximum Gasteiger partial charge on any atom is 0.135 e. The maximum absolute atomic E-state index is 6.26. The Bertz CT molecular complexity index is 2050. The Hall–Kier alpha value is -5.64. The molecule has 0 atom stereocenters. The lowest BCUT2D eigenvalue weighted by Gasteiger charge is -2.21. The van der Waals surface area contributed by atoms with Crippen LogP contribution in [0, 0.1) is 23.7 Å². The molecule has 0 aliphatic carbocycles. The number of hydrogen-bond acceptors (Lipinski definition) is 3. The van der Waals surface area contributed by atoms with Gasteiger partial charge < -0.3 is 14.2 Å². The molecule has 0 amide bonds. The summed E-state index contributed by atoms with van der Waals surface area (Å²) in [5, 5.41) is 4.41. The summed E-state index contributed by atoms with van der Waals surface area (Å²) in [6.07, 6.45) is 0. The number of benzene rings is 6. The zero-order chi connectivity index (χ0) is 28.9. The van der Waals surface area contributed by atoms with Gasteiger partial charge in [-0.15, -0.1) is 0 Å². The van der Waals surface area contributed by atoms with Gasteiger partial charge in [-0.2, -0.15) is 0 Å². The molecule has 6 aromatic rings. The summed E-state index contributed by atoms with van der Waals surface area (Å²) in [5.41, 5.74) is 5.66. The highest BCUT2D eigenvalue weighted by Crippen LogP contribution is 2.49. The first-order chi connectivity index (χ1) is 20.7. The number of methoxy groups -OCH3 is 3. The number of fused-ring (bicyclic) bond motifs is 2. The van der Waals surface area contributed by atoms with Crippen LogP contribution in [0.4, 0.5) is 0 Å². The van der Waals surface area contributed by atoms with Gasteiger partial charge in [-0.1, -0.05) is 84.6 Å². The van der Waals surface area contributed by atoms with Crippen molar-refractivity contribution in [2.75, 3.05) is 21.3 Å². The highest BCUT2D eigenvalue weighted by Gasteiger charge is 2.22. The van der Waals surface area contributed by atoms with E-state index in [9.17, 15) is 0 Å². The van der Waals surface area contributed by atoms with E-state index < -0.39 is 0 Å². The molecule has 3 nitrogen and oxygen atoms in total. The standard InChI is InChI=1S/C39H28O3/c1-40-31-23-20-27(21-24-31)12-4-5-13-28-14-6-9-17-32(28)35-26-30-16-8-11-19-34(30)38(39(35)42-3)37-33-18-10-7-15-29(33)22-25-36(37)41-2/h6-11,14-26H,1-3H3. The van der Waals surface area contributed by atoms with Crippen molar-refractivity contribution in [2.24, 2.45) is 0 Å². The van der Waals surface area contributed by atoms with Crippen LogP contribution in [0.3, 0.4) is 0 Å². The van der Waals surface area contributed by atoms with Gasteiger partial charge >= 0.3 is 0 Å².